The lowest BCUT2D eigenvalue weighted by molar-refractivity contribution is -0.138. The molecule has 2 rings (SSSR count). The summed E-state index contributed by atoms with van der Waals surface area (Å²) in [6, 6.07) is 13.7. The predicted octanol–water partition coefficient (Wildman–Crippen LogP) is 9.23. The van der Waals surface area contributed by atoms with Crippen LogP contribution in [-0.2, 0) is 9.59 Å². The van der Waals surface area contributed by atoms with Crippen molar-refractivity contribution in [3.63, 3.8) is 0 Å². The molecule has 2 aromatic rings. The SMILES string of the molecule is CC(C(=O)O)c1ccc(-c2ccccc2)c(F)c1.CCCCCCCCCCCCCCCC(=O)O. The predicted molar refractivity (Wildman–Crippen MR) is 146 cm³/mol. The number of unbranched alkanes of at least 4 members (excludes halogenated alkanes) is 12. The van der Waals surface area contributed by atoms with E-state index in [-0.39, 0.29) is 0 Å². The first-order chi connectivity index (χ1) is 17.4. The van der Waals surface area contributed by atoms with Crippen molar-refractivity contribution in [1.29, 1.82) is 0 Å². The molecule has 0 saturated carbocycles. The van der Waals surface area contributed by atoms with Gasteiger partial charge < -0.3 is 10.2 Å². The van der Waals surface area contributed by atoms with Crippen molar-refractivity contribution in [2.45, 2.75) is 110 Å². The maximum absolute atomic E-state index is 14.0. The fourth-order valence-electron chi connectivity index (χ4n) is 4.09. The highest BCUT2D eigenvalue weighted by molar-refractivity contribution is 5.76. The first-order valence-electron chi connectivity index (χ1n) is 13.7. The van der Waals surface area contributed by atoms with E-state index in [1.807, 2.05) is 30.3 Å². The molecule has 0 amide bonds. The van der Waals surface area contributed by atoms with Gasteiger partial charge in [0.1, 0.15) is 5.82 Å². The number of rotatable bonds is 17. The van der Waals surface area contributed by atoms with Gasteiger partial charge in [0.2, 0.25) is 0 Å². The molecule has 1 atom stereocenters. The molecule has 36 heavy (non-hydrogen) atoms. The van der Waals surface area contributed by atoms with Gasteiger partial charge in [-0.1, -0.05) is 126 Å². The molecule has 0 bridgehead atoms. The summed E-state index contributed by atoms with van der Waals surface area (Å²) < 4.78 is 14.0. The maximum atomic E-state index is 14.0. The highest BCUT2D eigenvalue weighted by Gasteiger charge is 2.15. The van der Waals surface area contributed by atoms with Crippen molar-refractivity contribution >= 4 is 11.9 Å². The highest BCUT2D eigenvalue weighted by atomic mass is 19.1. The maximum Gasteiger partial charge on any atom is 0.310 e. The molecule has 0 spiro atoms. The van der Waals surface area contributed by atoms with Gasteiger partial charge in [-0.15, -0.1) is 0 Å². The van der Waals surface area contributed by atoms with Crippen LogP contribution in [0.5, 0.6) is 0 Å². The first kappa shape index (κ1) is 31.3. The van der Waals surface area contributed by atoms with E-state index in [1.54, 1.807) is 19.1 Å². The van der Waals surface area contributed by atoms with Crippen LogP contribution in [0.2, 0.25) is 0 Å². The minimum absolute atomic E-state index is 0.345. The molecular weight excluding hydrogens is 455 g/mol. The number of benzene rings is 2. The second-order valence-electron chi connectivity index (χ2n) is 9.55. The van der Waals surface area contributed by atoms with Crippen LogP contribution in [0.4, 0.5) is 4.39 Å². The Hall–Kier alpha value is -2.69. The minimum atomic E-state index is -0.957. The molecule has 4 nitrogen and oxygen atoms in total. The van der Waals surface area contributed by atoms with Gasteiger partial charge in [0.15, 0.2) is 0 Å². The molecule has 2 N–H and O–H groups in total. The Kier molecular flexibility index (Phi) is 17.0. The van der Waals surface area contributed by atoms with Crippen LogP contribution in [0.3, 0.4) is 0 Å². The number of aliphatic carboxylic acids is 2. The van der Waals surface area contributed by atoms with Crippen molar-refractivity contribution in [2.24, 2.45) is 0 Å². The smallest absolute Gasteiger partial charge is 0.310 e. The average Bonchev–Trinajstić information content (AvgIpc) is 2.87. The van der Waals surface area contributed by atoms with E-state index in [4.69, 9.17) is 10.2 Å². The topological polar surface area (TPSA) is 74.6 Å². The van der Waals surface area contributed by atoms with E-state index >= 15 is 0 Å². The average molecular weight is 501 g/mol. The number of halogens is 1. The van der Waals surface area contributed by atoms with Gasteiger partial charge in [-0.2, -0.15) is 0 Å². The Bertz CT molecular complexity index is 866. The normalized spacial score (nSPS) is 11.4. The summed E-state index contributed by atoms with van der Waals surface area (Å²) >= 11 is 0. The molecule has 1 unspecified atom stereocenters. The number of carbonyl (C=O) groups is 2. The van der Waals surface area contributed by atoms with Gasteiger partial charge in [-0.3, -0.25) is 9.59 Å². The number of carboxylic acid groups (broad SMARTS) is 2. The zero-order valence-corrected chi connectivity index (χ0v) is 22.2. The Morgan fingerprint density at radius 2 is 1.25 bits per heavy atom. The lowest BCUT2D eigenvalue weighted by atomic mass is 9.97. The van der Waals surface area contributed by atoms with E-state index in [2.05, 4.69) is 6.92 Å². The monoisotopic (exact) mass is 500 g/mol. The second-order valence-corrected chi connectivity index (χ2v) is 9.55. The van der Waals surface area contributed by atoms with Gasteiger partial charge in [-0.05, 0) is 30.5 Å². The number of hydrogen-bond acceptors (Lipinski definition) is 2. The van der Waals surface area contributed by atoms with Gasteiger partial charge in [0.25, 0.3) is 0 Å². The van der Waals surface area contributed by atoms with Crippen LogP contribution in [0, 0.1) is 5.82 Å². The standard InChI is InChI=1S/C16H32O2.C15H13FO2/c1-2-3-4-5-6-7-8-9-10-11-12-13-14-15-16(17)18;1-10(15(17)18)12-7-8-13(14(16)9-12)11-5-3-2-4-6-11/h2-15H2,1H3,(H,17,18);2-10H,1H3,(H,17,18). The fourth-order valence-corrected chi connectivity index (χ4v) is 4.09. The quantitative estimate of drug-likeness (QED) is 0.212. The van der Waals surface area contributed by atoms with E-state index in [0.717, 1.165) is 18.4 Å². The van der Waals surface area contributed by atoms with Crippen LogP contribution in [-0.4, -0.2) is 22.2 Å². The summed E-state index contributed by atoms with van der Waals surface area (Å²) in [6.45, 7) is 3.80. The van der Waals surface area contributed by atoms with Crippen LogP contribution >= 0.6 is 0 Å². The Balaban J connectivity index is 0.000000360. The second kappa shape index (κ2) is 19.5. The third-order valence-electron chi connectivity index (χ3n) is 6.44. The zero-order chi connectivity index (χ0) is 26.6. The molecule has 2 aromatic carbocycles. The molecule has 0 aromatic heterocycles. The van der Waals surface area contributed by atoms with Crippen molar-refractivity contribution in [1.82, 2.24) is 0 Å². The van der Waals surface area contributed by atoms with E-state index in [0.29, 0.717) is 17.5 Å². The lowest BCUT2D eigenvalue weighted by Gasteiger charge is -2.09. The number of hydrogen-bond donors (Lipinski definition) is 2. The van der Waals surface area contributed by atoms with Gasteiger partial charge >= 0.3 is 11.9 Å². The molecule has 0 fully saturated rings. The Morgan fingerprint density at radius 3 is 1.69 bits per heavy atom. The Morgan fingerprint density at radius 1 is 0.750 bits per heavy atom. The zero-order valence-electron chi connectivity index (χ0n) is 22.2. The van der Waals surface area contributed by atoms with Gasteiger partial charge in [0.05, 0.1) is 5.92 Å². The molecule has 200 valence electrons. The highest BCUT2D eigenvalue weighted by Crippen LogP contribution is 2.26. The third kappa shape index (κ3) is 14.0. The molecular formula is C31H45FO4. The van der Waals surface area contributed by atoms with Crippen molar-refractivity contribution < 1.29 is 24.2 Å². The van der Waals surface area contributed by atoms with Gasteiger partial charge in [-0.25, -0.2) is 4.39 Å². The van der Waals surface area contributed by atoms with E-state index < -0.39 is 23.7 Å². The molecule has 5 heteroatoms. The van der Waals surface area contributed by atoms with E-state index in [9.17, 15) is 14.0 Å². The first-order valence-corrected chi connectivity index (χ1v) is 13.7. The minimum Gasteiger partial charge on any atom is -0.481 e. The van der Waals surface area contributed by atoms with E-state index in [1.165, 1.54) is 76.7 Å². The molecule has 0 aliphatic rings. The summed E-state index contributed by atoms with van der Waals surface area (Å²) in [5.74, 6) is -2.71. The molecule has 0 saturated heterocycles. The van der Waals surface area contributed by atoms with Crippen molar-refractivity contribution in [3.8, 4) is 11.1 Å². The lowest BCUT2D eigenvalue weighted by Crippen LogP contribution is -2.07. The van der Waals surface area contributed by atoms with Crippen LogP contribution in [0.15, 0.2) is 48.5 Å². The molecule has 0 heterocycles. The molecule has 0 aliphatic carbocycles. The Labute approximate surface area is 217 Å². The van der Waals surface area contributed by atoms with Crippen molar-refractivity contribution in [2.75, 3.05) is 0 Å². The molecule has 0 radical (unpaired) electrons. The summed E-state index contributed by atoms with van der Waals surface area (Å²) in [7, 11) is 0. The van der Waals surface area contributed by atoms with Crippen LogP contribution in [0.1, 0.15) is 115 Å². The summed E-state index contributed by atoms with van der Waals surface area (Å²) in [5.41, 5.74) is 1.74. The third-order valence-corrected chi connectivity index (χ3v) is 6.44. The van der Waals surface area contributed by atoms with Crippen LogP contribution in [0.25, 0.3) is 11.1 Å². The van der Waals surface area contributed by atoms with Crippen molar-refractivity contribution in [3.05, 3.63) is 59.9 Å². The summed E-state index contributed by atoms with van der Waals surface area (Å²) in [5, 5.41) is 17.4. The van der Waals surface area contributed by atoms with Crippen LogP contribution < -0.4 is 0 Å². The largest absolute Gasteiger partial charge is 0.481 e. The summed E-state index contributed by atoms with van der Waals surface area (Å²) in [4.78, 5) is 21.1. The fraction of sp³-hybridized carbons (Fsp3) is 0.548. The number of carboxylic acids is 2. The summed E-state index contributed by atoms with van der Waals surface area (Å²) in [6.07, 6.45) is 17.3. The van der Waals surface area contributed by atoms with Gasteiger partial charge in [0, 0.05) is 12.0 Å². The molecule has 0 aliphatic heterocycles.